The smallest absolute Gasteiger partial charge is 0.264 e. The SMILES string of the molecule is COc1ccc(-c2cnoc2NS(=O)(=O)c2ccc(F)c(C)c2)cc1. The molecule has 130 valence electrons. The van der Waals surface area contributed by atoms with Gasteiger partial charge in [-0.25, -0.2) is 17.5 Å². The highest BCUT2D eigenvalue weighted by molar-refractivity contribution is 7.92. The third-order valence-electron chi connectivity index (χ3n) is 3.64. The number of benzene rings is 2. The lowest BCUT2D eigenvalue weighted by atomic mass is 10.1. The van der Waals surface area contributed by atoms with Crippen molar-refractivity contribution < 1.29 is 22.1 Å². The number of hydrogen-bond acceptors (Lipinski definition) is 5. The number of ether oxygens (including phenoxy) is 1. The normalized spacial score (nSPS) is 11.3. The van der Waals surface area contributed by atoms with Gasteiger partial charge >= 0.3 is 0 Å². The van der Waals surface area contributed by atoms with E-state index in [1.165, 1.54) is 25.3 Å². The first-order chi connectivity index (χ1) is 11.9. The van der Waals surface area contributed by atoms with Crippen LogP contribution in [0.1, 0.15) is 5.56 Å². The molecular formula is C17H15FN2O4S. The molecule has 0 fully saturated rings. The Morgan fingerprint density at radius 3 is 2.52 bits per heavy atom. The number of nitrogens with one attached hydrogen (secondary N) is 1. The molecule has 25 heavy (non-hydrogen) atoms. The molecule has 0 bridgehead atoms. The van der Waals surface area contributed by atoms with Crippen LogP contribution >= 0.6 is 0 Å². The molecule has 0 saturated heterocycles. The average Bonchev–Trinajstić information content (AvgIpc) is 3.04. The second-order valence-corrected chi connectivity index (χ2v) is 7.00. The summed E-state index contributed by atoms with van der Waals surface area (Å²) in [4.78, 5) is -0.0662. The fourth-order valence-corrected chi connectivity index (χ4v) is 3.34. The topological polar surface area (TPSA) is 81.4 Å². The van der Waals surface area contributed by atoms with Gasteiger partial charge in [0.05, 0.1) is 23.8 Å². The van der Waals surface area contributed by atoms with Gasteiger partial charge in [0.25, 0.3) is 10.0 Å². The van der Waals surface area contributed by atoms with E-state index in [0.717, 1.165) is 6.07 Å². The minimum absolute atomic E-state index is 0.0212. The Morgan fingerprint density at radius 1 is 1.16 bits per heavy atom. The molecule has 3 aromatic rings. The van der Waals surface area contributed by atoms with Crippen LogP contribution in [0.4, 0.5) is 10.3 Å². The number of sulfonamides is 1. The molecule has 0 spiro atoms. The molecule has 0 atom stereocenters. The lowest BCUT2D eigenvalue weighted by Crippen LogP contribution is -2.13. The van der Waals surface area contributed by atoms with Crippen molar-refractivity contribution in [1.29, 1.82) is 0 Å². The minimum atomic E-state index is -3.94. The molecule has 0 aliphatic carbocycles. The third-order valence-corrected chi connectivity index (χ3v) is 4.97. The number of rotatable bonds is 5. The number of halogens is 1. The number of nitrogens with zero attached hydrogens (tertiary/aromatic N) is 1. The van der Waals surface area contributed by atoms with E-state index in [4.69, 9.17) is 9.26 Å². The summed E-state index contributed by atoms with van der Waals surface area (Å²) in [6.45, 7) is 1.49. The summed E-state index contributed by atoms with van der Waals surface area (Å²) < 4.78 is 50.9. The second-order valence-electron chi connectivity index (χ2n) is 5.31. The monoisotopic (exact) mass is 362 g/mol. The first-order valence-electron chi connectivity index (χ1n) is 7.29. The predicted molar refractivity (Wildman–Crippen MR) is 90.4 cm³/mol. The van der Waals surface area contributed by atoms with Crippen LogP contribution in [0.5, 0.6) is 5.75 Å². The molecule has 8 heteroatoms. The summed E-state index contributed by atoms with van der Waals surface area (Å²) >= 11 is 0. The average molecular weight is 362 g/mol. The van der Waals surface area contributed by atoms with E-state index in [1.807, 2.05) is 0 Å². The maximum atomic E-state index is 13.4. The lowest BCUT2D eigenvalue weighted by Gasteiger charge is -2.08. The zero-order chi connectivity index (χ0) is 18.0. The lowest BCUT2D eigenvalue weighted by molar-refractivity contribution is 0.415. The number of aromatic nitrogens is 1. The number of aryl methyl sites for hydroxylation is 1. The van der Waals surface area contributed by atoms with E-state index >= 15 is 0 Å². The van der Waals surface area contributed by atoms with E-state index in [0.29, 0.717) is 16.9 Å². The van der Waals surface area contributed by atoms with Gasteiger partial charge in [-0.3, -0.25) is 0 Å². The fraction of sp³-hybridized carbons (Fsp3) is 0.118. The standard InChI is InChI=1S/C17H15FN2O4S/c1-11-9-14(7-8-16(11)18)25(21,22)20-17-15(10-19-24-17)12-3-5-13(23-2)6-4-12/h3-10,20H,1-2H3. The van der Waals surface area contributed by atoms with Gasteiger partial charge in [-0.2, -0.15) is 0 Å². The van der Waals surface area contributed by atoms with Crippen LogP contribution < -0.4 is 9.46 Å². The second kappa shape index (κ2) is 6.56. The van der Waals surface area contributed by atoms with Crippen molar-refractivity contribution >= 4 is 15.9 Å². The minimum Gasteiger partial charge on any atom is -0.497 e. The Kier molecular flexibility index (Phi) is 4.45. The van der Waals surface area contributed by atoms with Gasteiger partial charge in [0.2, 0.25) is 5.88 Å². The molecule has 0 aliphatic heterocycles. The van der Waals surface area contributed by atoms with Gasteiger partial charge in [0.15, 0.2) is 0 Å². The van der Waals surface area contributed by atoms with Crippen molar-refractivity contribution in [2.75, 3.05) is 11.8 Å². The fourth-order valence-electron chi connectivity index (χ4n) is 2.25. The largest absolute Gasteiger partial charge is 0.497 e. The number of methoxy groups -OCH3 is 1. The molecule has 0 unspecified atom stereocenters. The van der Waals surface area contributed by atoms with Crippen LogP contribution in [-0.4, -0.2) is 20.7 Å². The third kappa shape index (κ3) is 3.48. The van der Waals surface area contributed by atoms with Gasteiger partial charge in [0.1, 0.15) is 11.6 Å². The highest BCUT2D eigenvalue weighted by atomic mass is 32.2. The Balaban J connectivity index is 1.93. The summed E-state index contributed by atoms with van der Waals surface area (Å²) in [5.74, 6) is 0.175. The first kappa shape index (κ1) is 17.0. The van der Waals surface area contributed by atoms with E-state index in [1.54, 1.807) is 31.4 Å². The molecule has 0 aliphatic rings. The maximum Gasteiger partial charge on any atom is 0.264 e. The van der Waals surface area contributed by atoms with E-state index in [-0.39, 0.29) is 16.3 Å². The highest BCUT2D eigenvalue weighted by Gasteiger charge is 2.20. The van der Waals surface area contributed by atoms with Crippen LogP contribution in [0.25, 0.3) is 11.1 Å². The van der Waals surface area contributed by atoms with Gasteiger partial charge in [-0.1, -0.05) is 17.3 Å². The zero-order valence-corrected chi connectivity index (χ0v) is 14.3. The zero-order valence-electron chi connectivity index (χ0n) is 13.5. The molecule has 1 heterocycles. The first-order valence-corrected chi connectivity index (χ1v) is 8.77. The van der Waals surface area contributed by atoms with Crippen LogP contribution in [0.15, 0.2) is 58.1 Å². The van der Waals surface area contributed by atoms with Crippen molar-refractivity contribution in [1.82, 2.24) is 5.16 Å². The number of anilines is 1. The summed E-state index contributed by atoms with van der Waals surface area (Å²) in [6.07, 6.45) is 1.41. The number of hydrogen-bond donors (Lipinski definition) is 1. The molecule has 2 aromatic carbocycles. The maximum absolute atomic E-state index is 13.4. The van der Waals surface area contributed by atoms with E-state index < -0.39 is 15.8 Å². The molecular weight excluding hydrogens is 347 g/mol. The Labute approximate surface area is 144 Å². The summed E-state index contributed by atoms with van der Waals surface area (Å²) in [7, 11) is -2.39. The molecule has 1 N–H and O–H groups in total. The van der Waals surface area contributed by atoms with Crippen LogP contribution in [0.2, 0.25) is 0 Å². The van der Waals surface area contributed by atoms with Crippen molar-refractivity contribution in [2.45, 2.75) is 11.8 Å². The molecule has 0 amide bonds. The van der Waals surface area contributed by atoms with Gasteiger partial charge < -0.3 is 9.26 Å². The predicted octanol–water partition coefficient (Wildman–Crippen LogP) is 3.60. The Bertz CT molecular complexity index is 998. The van der Waals surface area contributed by atoms with Crippen molar-refractivity contribution in [3.05, 3.63) is 60.0 Å². The van der Waals surface area contributed by atoms with Gasteiger partial charge in [0, 0.05) is 0 Å². The van der Waals surface area contributed by atoms with Crippen LogP contribution in [0.3, 0.4) is 0 Å². The quantitative estimate of drug-likeness (QED) is 0.750. The van der Waals surface area contributed by atoms with Crippen LogP contribution in [-0.2, 0) is 10.0 Å². The Hall–Kier alpha value is -2.87. The van der Waals surface area contributed by atoms with Crippen molar-refractivity contribution in [3.63, 3.8) is 0 Å². The summed E-state index contributed by atoms with van der Waals surface area (Å²) in [5, 5.41) is 3.66. The van der Waals surface area contributed by atoms with Crippen LogP contribution in [0, 0.1) is 12.7 Å². The Morgan fingerprint density at radius 2 is 1.88 bits per heavy atom. The molecule has 1 aromatic heterocycles. The van der Waals surface area contributed by atoms with E-state index in [2.05, 4.69) is 9.88 Å². The molecule has 0 saturated carbocycles. The highest BCUT2D eigenvalue weighted by Crippen LogP contribution is 2.31. The molecule has 6 nitrogen and oxygen atoms in total. The van der Waals surface area contributed by atoms with Gasteiger partial charge in [-0.15, -0.1) is 0 Å². The van der Waals surface area contributed by atoms with Crippen molar-refractivity contribution in [3.8, 4) is 16.9 Å². The molecule has 3 rings (SSSR count). The van der Waals surface area contributed by atoms with E-state index in [9.17, 15) is 12.8 Å². The summed E-state index contributed by atoms with van der Waals surface area (Å²) in [6, 6.07) is 10.5. The van der Waals surface area contributed by atoms with Crippen molar-refractivity contribution in [2.24, 2.45) is 0 Å². The van der Waals surface area contributed by atoms with Gasteiger partial charge in [-0.05, 0) is 48.4 Å². The molecule has 0 radical (unpaired) electrons. The summed E-state index contributed by atoms with van der Waals surface area (Å²) in [5.41, 5.74) is 1.41.